The molecule has 5 nitrogen and oxygen atoms in total. The van der Waals surface area contributed by atoms with Gasteiger partial charge in [-0.05, 0) is 43.0 Å². The first kappa shape index (κ1) is 18.1. The Kier molecular flexibility index (Phi) is 6.09. The molecule has 24 heavy (non-hydrogen) atoms. The summed E-state index contributed by atoms with van der Waals surface area (Å²) < 4.78 is 13.2. The lowest BCUT2D eigenvalue weighted by Gasteiger charge is -2.30. The van der Waals surface area contributed by atoms with Gasteiger partial charge in [0, 0.05) is 26.2 Å². The van der Waals surface area contributed by atoms with Gasteiger partial charge in [0.05, 0.1) is 12.6 Å². The molecule has 1 saturated heterocycles. The van der Waals surface area contributed by atoms with Crippen molar-refractivity contribution in [1.29, 1.82) is 0 Å². The van der Waals surface area contributed by atoms with Crippen LogP contribution in [0.3, 0.4) is 0 Å². The minimum atomic E-state index is -0.358. The Balaban J connectivity index is 1.94. The highest BCUT2D eigenvalue weighted by Gasteiger charge is 2.22. The molecule has 1 aliphatic rings. The number of likely N-dealkylation sites (tertiary alicyclic amines) is 1. The fourth-order valence-electron chi connectivity index (χ4n) is 2.61. The fraction of sp³-hybridized carbons (Fsp3) is 0.444. The third-order valence-corrected chi connectivity index (χ3v) is 4.19. The predicted octanol–water partition coefficient (Wildman–Crippen LogP) is 1.67. The number of amides is 2. The van der Waals surface area contributed by atoms with Gasteiger partial charge < -0.3 is 14.9 Å². The maximum atomic E-state index is 13.2. The summed E-state index contributed by atoms with van der Waals surface area (Å²) in [5.41, 5.74) is 1.27. The van der Waals surface area contributed by atoms with E-state index in [4.69, 9.17) is 0 Å². The summed E-state index contributed by atoms with van der Waals surface area (Å²) in [6.07, 6.45) is 2.21. The number of hydrogen-bond donors (Lipinski definition) is 1. The minimum Gasteiger partial charge on any atom is -0.393 e. The minimum absolute atomic E-state index is 0.0120. The van der Waals surface area contributed by atoms with E-state index in [0.717, 1.165) is 0 Å². The molecule has 1 heterocycles. The van der Waals surface area contributed by atoms with Gasteiger partial charge in [0.1, 0.15) is 5.82 Å². The molecule has 1 aliphatic heterocycles. The number of nitrogens with zero attached hydrogens (tertiary/aromatic N) is 2. The van der Waals surface area contributed by atoms with Crippen LogP contribution < -0.4 is 0 Å². The molecule has 130 valence electrons. The van der Waals surface area contributed by atoms with Gasteiger partial charge in [-0.3, -0.25) is 9.59 Å². The van der Waals surface area contributed by atoms with Gasteiger partial charge in [0.25, 0.3) is 0 Å². The molecule has 0 radical (unpaired) electrons. The van der Waals surface area contributed by atoms with Crippen molar-refractivity contribution in [2.45, 2.75) is 25.9 Å². The second kappa shape index (κ2) is 8.06. The zero-order chi connectivity index (χ0) is 17.7. The SMILES string of the molecule is C/C(=C/C(=O)N(C)CC(=O)N1CCC(O)CC1)c1cccc(F)c1. The van der Waals surface area contributed by atoms with E-state index in [1.807, 2.05) is 0 Å². The number of benzene rings is 1. The quantitative estimate of drug-likeness (QED) is 0.852. The number of carbonyl (C=O) groups is 2. The molecule has 1 aromatic rings. The number of hydrogen-bond acceptors (Lipinski definition) is 3. The van der Waals surface area contributed by atoms with Gasteiger partial charge in [-0.15, -0.1) is 0 Å². The Labute approximate surface area is 141 Å². The number of likely N-dealkylation sites (N-methyl/N-ethyl adjacent to an activating group) is 1. The Morgan fingerprint density at radius 3 is 2.67 bits per heavy atom. The summed E-state index contributed by atoms with van der Waals surface area (Å²) in [7, 11) is 1.56. The van der Waals surface area contributed by atoms with E-state index in [0.29, 0.717) is 37.1 Å². The molecule has 0 spiro atoms. The maximum Gasteiger partial charge on any atom is 0.247 e. The van der Waals surface area contributed by atoms with E-state index in [1.165, 1.54) is 23.1 Å². The third kappa shape index (κ3) is 4.89. The average Bonchev–Trinajstić information content (AvgIpc) is 2.55. The van der Waals surface area contributed by atoms with Crippen molar-refractivity contribution in [2.75, 3.05) is 26.7 Å². The first-order valence-corrected chi connectivity index (χ1v) is 8.02. The Hall–Kier alpha value is -2.21. The number of piperidine rings is 1. The van der Waals surface area contributed by atoms with Crippen molar-refractivity contribution in [3.05, 3.63) is 41.7 Å². The van der Waals surface area contributed by atoms with Gasteiger partial charge in [0.2, 0.25) is 11.8 Å². The topological polar surface area (TPSA) is 60.9 Å². The normalized spacial score (nSPS) is 16.2. The Bertz CT molecular complexity index is 637. The molecule has 1 fully saturated rings. The molecule has 0 aromatic heterocycles. The zero-order valence-electron chi connectivity index (χ0n) is 14.0. The third-order valence-electron chi connectivity index (χ3n) is 4.19. The summed E-state index contributed by atoms with van der Waals surface area (Å²) in [6, 6.07) is 6.03. The fourth-order valence-corrected chi connectivity index (χ4v) is 2.61. The summed E-state index contributed by atoms with van der Waals surface area (Å²) >= 11 is 0. The molecule has 2 rings (SSSR count). The average molecular weight is 334 g/mol. The van der Waals surface area contributed by atoms with Crippen LogP contribution in [0.4, 0.5) is 4.39 Å². The maximum absolute atomic E-state index is 13.2. The van der Waals surface area contributed by atoms with E-state index in [2.05, 4.69) is 0 Å². The summed E-state index contributed by atoms with van der Waals surface area (Å²) in [5.74, 6) is -0.791. The molecule has 0 bridgehead atoms. The summed E-state index contributed by atoms with van der Waals surface area (Å²) in [6.45, 7) is 2.75. The second-order valence-corrected chi connectivity index (χ2v) is 6.14. The molecule has 0 saturated carbocycles. The Morgan fingerprint density at radius 2 is 2.04 bits per heavy atom. The number of halogens is 1. The number of aliphatic hydroxyl groups excluding tert-OH is 1. The van der Waals surface area contributed by atoms with Crippen LogP contribution in [0.1, 0.15) is 25.3 Å². The molecule has 0 unspecified atom stereocenters. The standard InChI is InChI=1S/C18H23FN2O3/c1-13(14-4-3-5-15(19)11-14)10-17(23)20(2)12-18(24)21-8-6-16(22)7-9-21/h3-5,10-11,16,22H,6-9,12H2,1-2H3/b13-10-. The van der Waals surface area contributed by atoms with Crippen molar-refractivity contribution >= 4 is 17.4 Å². The summed E-state index contributed by atoms with van der Waals surface area (Å²) in [5, 5.41) is 9.47. The van der Waals surface area contributed by atoms with E-state index in [9.17, 15) is 19.1 Å². The highest BCUT2D eigenvalue weighted by molar-refractivity contribution is 5.96. The number of allylic oxidation sites excluding steroid dienone is 1. The molecule has 2 amide bonds. The first-order valence-electron chi connectivity index (χ1n) is 8.02. The van der Waals surface area contributed by atoms with Crippen molar-refractivity contribution in [3.8, 4) is 0 Å². The van der Waals surface area contributed by atoms with Crippen LogP contribution in [-0.4, -0.2) is 59.5 Å². The molecule has 6 heteroatoms. The van der Waals surface area contributed by atoms with Crippen LogP contribution in [0.15, 0.2) is 30.3 Å². The largest absolute Gasteiger partial charge is 0.393 e. The zero-order valence-corrected chi connectivity index (χ0v) is 14.0. The van der Waals surface area contributed by atoms with Gasteiger partial charge in [0.15, 0.2) is 0 Å². The van der Waals surface area contributed by atoms with Crippen molar-refractivity contribution < 1.29 is 19.1 Å². The van der Waals surface area contributed by atoms with Crippen molar-refractivity contribution in [1.82, 2.24) is 9.80 Å². The van der Waals surface area contributed by atoms with E-state index in [-0.39, 0.29) is 30.3 Å². The highest BCUT2D eigenvalue weighted by Crippen LogP contribution is 2.15. The van der Waals surface area contributed by atoms with Gasteiger partial charge in [-0.25, -0.2) is 4.39 Å². The molecule has 0 aliphatic carbocycles. The van der Waals surface area contributed by atoms with Gasteiger partial charge >= 0.3 is 0 Å². The molecule has 1 N–H and O–H groups in total. The molecule has 1 aromatic carbocycles. The lowest BCUT2D eigenvalue weighted by Crippen LogP contribution is -2.45. The smallest absolute Gasteiger partial charge is 0.247 e. The molecular weight excluding hydrogens is 311 g/mol. The van der Waals surface area contributed by atoms with E-state index < -0.39 is 0 Å². The van der Waals surface area contributed by atoms with Crippen LogP contribution in [0.5, 0.6) is 0 Å². The monoisotopic (exact) mass is 334 g/mol. The second-order valence-electron chi connectivity index (χ2n) is 6.14. The molecular formula is C18H23FN2O3. The van der Waals surface area contributed by atoms with Crippen LogP contribution in [0, 0.1) is 5.82 Å². The lowest BCUT2D eigenvalue weighted by atomic mass is 10.1. The van der Waals surface area contributed by atoms with Crippen LogP contribution in [-0.2, 0) is 9.59 Å². The van der Waals surface area contributed by atoms with Crippen molar-refractivity contribution in [2.24, 2.45) is 0 Å². The summed E-state index contributed by atoms with van der Waals surface area (Å²) in [4.78, 5) is 27.4. The van der Waals surface area contributed by atoms with E-state index >= 15 is 0 Å². The lowest BCUT2D eigenvalue weighted by molar-refractivity contribution is -0.138. The predicted molar refractivity (Wildman–Crippen MR) is 89.5 cm³/mol. The number of carbonyl (C=O) groups excluding carboxylic acids is 2. The number of rotatable bonds is 4. The van der Waals surface area contributed by atoms with Crippen molar-refractivity contribution in [3.63, 3.8) is 0 Å². The van der Waals surface area contributed by atoms with Crippen LogP contribution in [0.25, 0.3) is 5.57 Å². The highest BCUT2D eigenvalue weighted by atomic mass is 19.1. The van der Waals surface area contributed by atoms with Crippen LogP contribution in [0.2, 0.25) is 0 Å². The van der Waals surface area contributed by atoms with Crippen LogP contribution >= 0.6 is 0 Å². The Morgan fingerprint density at radius 1 is 1.38 bits per heavy atom. The van der Waals surface area contributed by atoms with Gasteiger partial charge in [-0.1, -0.05) is 12.1 Å². The molecule has 0 atom stereocenters. The van der Waals surface area contributed by atoms with E-state index in [1.54, 1.807) is 31.0 Å². The number of aliphatic hydroxyl groups is 1. The van der Waals surface area contributed by atoms with Gasteiger partial charge in [-0.2, -0.15) is 0 Å². The first-order chi connectivity index (χ1) is 11.4.